The second kappa shape index (κ2) is 4.62. The van der Waals surface area contributed by atoms with Gasteiger partial charge in [0, 0.05) is 0 Å². The summed E-state index contributed by atoms with van der Waals surface area (Å²) in [4.78, 5) is 0. The minimum atomic E-state index is -0.880. The number of benzene rings is 1. The van der Waals surface area contributed by atoms with Gasteiger partial charge in [0.1, 0.15) is 0 Å². The van der Waals surface area contributed by atoms with E-state index in [1.807, 2.05) is 6.07 Å². The summed E-state index contributed by atoms with van der Waals surface area (Å²) in [6, 6.07) is 11.5. The fraction of sp³-hybridized carbons (Fsp3) is 0.167. The van der Waals surface area contributed by atoms with Crippen LogP contribution < -0.4 is 5.19 Å². The molecular weight excluding hydrogens is 208 g/mol. The predicted octanol–water partition coefficient (Wildman–Crippen LogP) is 2.87. The largest absolute Gasteiger partial charge is 0.200 e. The average Bonchev–Trinajstić information content (AvgIpc) is 2.72. The highest BCUT2D eigenvalue weighted by Gasteiger charge is 2.15. The summed E-state index contributed by atoms with van der Waals surface area (Å²) in [5.74, 6) is 0.557. The van der Waals surface area contributed by atoms with Crippen LogP contribution in [0.3, 0.4) is 0 Å². The van der Waals surface area contributed by atoms with E-state index >= 15 is 0 Å². The summed E-state index contributed by atoms with van der Waals surface area (Å²) in [5.41, 5.74) is 0. The first kappa shape index (κ1) is 9.75. The van der Waals surface area contributed by atoms with Crippen LogP contribution in [0.4, 0.5) is 0 Å². The lowest BCUT2D eigenvalue weighted by molar-refractivity contribution is 0.947. The van der Waals surface area contributed by atoms with Crippen molar-refractivity contribution in [2.24, 2.45) is 5.92 Å². The Balaban J connectivity index is 1.99. The van der Waals surface area contributed by atoms with Crippen LogP contribution in [0, 0.1) is 5.92 Å². The van der Waals surface area contributed by atoms with E-state index < -0.39 is 8.11 Å². The Bertz CT molecular complexity index is 331. The summed E-state index contributed by atoms with van der Waals surface area (Å²) in [6.07, 6.45) is 8.63. The highest BCUT2D eigenvalue weighted by molar-refractivity contribution is 7.14. The van der Waals surface area contributed by atoms with E-state index in [0.29, 0.717) is 5.92 Å². The number of hydrogen-bond donors (Lipinski definition) is 0. The van der Waals surface area contributed by atoms with E-state index in [1.54, 1.807) is 0 Å². The van der Waals surface area contributed by atoms with Crippen molar-refractivity contribution < 1.29 is 0 Å². The summed E-state index contributed by atoms with van der Waals surface area (Å²) >= 11 is 6.42. The van der Waals surface area contributed by atoms with Crippen molar-refractivity contribution in [1.29, 1.82) is 0 Å². The number of halogens is 1. The summed E-state index contributed by atoms with van der Waals surface area (Å²) in [5, 5.41) is 1.31. The Morgan fingerprint density at radius 3 is 2.36 bits per heavy atom. The molecule has 0 atom stereocenters. The fourth-order valence-electron chi connectivity index (χ4n) is 1.56. The smallest absolute Gasteiger partial charge is 0.163 e. The third-order valence-corrected chi connectivity index (χ3v) is 5.24. The first-order chi connectivity index (χ1) is 6.86. The van der Waals surface area contributed by atoms with Crippen molar-refractivity contribution in [3.8, 4) is 0 Å². The van der Waals surface area contributed by atoms with E-state index in [2.05, 4.69) is 48.6 Å². The van der Waals surface area contributed by atoms with E-state index in [0.717, 1.165) is 6.04 Å². The van der Waals surface area contributed by atoms with Gasteiger partial charge in [-0.05, 0) is 17.1 Å². The molecule has 0 nitrogen and oxygen atoms in total. The molecule has 1 aromatic rings. The van der Waals surface area contributed by atoms with Crippen LogP contribution in [-0.4, -0.2) is 8.11 Å². The van der Waals surface area contributed by atoms with Gasteiger partial charge >= 0.3 is 0 Å². The van der Waals surface area contributed by atoms with Crippen molar-refractivity contribution in [3.05, 3.63) is 54.6 Å². The van der Waals surface area contributed by atoms with Gasteiger partial charge in [0.25, 0.3) is 0 Å². The van der Waals surface area contributed by atoms with Gasteiger partial charge in [-0.2, -0.15) is 11.1 Å². The Morgan fingerprint density at radius 1 is 1.07 bits per heavy atom. The monoisotopic (exact) mass is 219 g/mol. The van der Waals surface area contributed by atoms with Crippen LogP contribution in [0.15, 0.2) is 54.6 Å². The first-order valence-electron chi connectivity index (χ1n) is 4.78. The van der Waals surface area contributed by atoms with E-state index in [1.165, 1.54) is 5.19 Å². The van der Waals surface area contributed by atoms with Crippen molar-refractivity contribution in [1.82, 2.24) is 0 Å². The second-order valence-corrected chi connectivity index (χ2v) is 6.57. The first-order valence-corrected chi connectivity index (χ1v) is 7.50. The Kier molecular flexibility index (Phi) is 3.22. The van der Waals surface area contributed by atoms with E-state index in [4.69, 9.17) is 11.1 Å². The second-order valence-electron chi connectivity index (χ2n) is 3.41. The third kappa shape index (κ3) is 2.37. The molecule has 0 fully saturated rings. The topological polar surface area (TPSA) is 0 Å². The summed E-state index contributed by atoms with van der Waals surface area (Å²) in [6.45, 7) is 0. The number of allylic oxidation sites excluding steroid dienone is 4. The lowest BCUT2D eigenvalue weighted by Crippen LogP contribution is -2.25. The van der Waals surface area contributed by atoms with Gasteiger partial charge in [-0.15, -0.1) is 0 Å². The minimum Gasteiger partial charge on any atom is -0.163 e. The molecule has 0 unspecified atom stereocenters. The zero-order valence-corrected chi connectivity index (χ0v) is 9.61. The Morgan fingerprint density at radius 2 is 1.71 bits per heavy atom. The third-order valence-electron chi connectivity index (χ3n) is 2.33. The van der Waals surface area contributed by atoms with Gasteiger partial charge in [-0.25, -0.2) is 0 Å². The van der Waals surface area contributed by atoms with Crippen molar-refractivity contribution in [3.63, 3.8) is 0 Å². The number of rotatable bonds is 3. The number of hydrogen-bond acceptors (Lipinski definition) is 0. The molecule has 0 aromatic heterocycles. The molecule has 0 heterocycles. The Hall–Kier alpha value is -0.793. The van der Waals surface area contributed by atoms with E-state index in [9.17, 15) is 0 Å². The molecule has 0 N–H and O–H groups in total. The van der Waals surface area contributed by atoms with Gasteiger partial charge in [0.05, 0.1) is 0 Å². The molecule has 1 aliphatic carbocycles. The molecule has 1 radical (unpaired) electrons. The van der Waals surface area contributed by atoms with Crippen molar-refractivity contribution in [2.45, 2.75) is 6.04 Å². The molecule has 14 heavy (non-hydrogen) atoms. The zero-order chi connectivity index (χ0) is 9.80. The molecule has 0 spiro atoms. The summed E-state index contributed by atoms with van der Waals surface area (Å²) in [7, 11) is -0.880. The van der Waals surface area contributed by atoms with Crippen LogP contribution in [0.2, 0.25) is 6.04 Å². The lowest BCUT2D eigenvalue weighted by Gasteiger charge is -2.09. The maximum absolute atomic E-state index is 6.42. The average molecular weight is 220 g/mol. The fourth-order valence-corrected chi connectivity index (χ4v) is 3.95. The molecular formula is C12H12ClSi. The van der Waals surface area contributed by atoms with Crippen LogP contribution in [0.5, 0.6) is 0 Å². The van der Waals surface area contributed by atoms with Crippen molar-refractivity contribution in [2.75, 3.05) is 0 Å². The van der Waals surface area contributed by atoms with Crippen molar-refractivity contribution >= 4 is 24.4 Å². The van der Waals surface area contributed by atoms with Gasteiger partial charge in [0.2, 0.25) is 8.11 Å². The molecule has 1 aliphatic rings. The SMILES string of the molecule is Cl[Si](CC1C=CC=C1)c1ccccc1. The molecule has 0 saturated carbocycles. The predicted molar refractivity (Wildman–Crippen MR) is 64.3 cm³/mol. The maximum Gasteiger partial charge on any atom is 0.200 e. The standard InChI is InChI=1S/C12H12ClSi/c13-14(10-11-6-4-5-7-11)12-8-2-1-3-9-12/h1-9,11H,10H2. The van der Waals surface area contributed by atoms with Gasteiger partial charge in [-0.3, -0.25) is 0 Å². The molecule has 0 aliphatic heterocycles. The lowest BCUT2D eigenvalue weighted by atomic mass is 10.2. The molecule has 2 heteroatoms. The normalized spacial score (nSPS) is 15.6. The molecule has 0 bridgehead atoms. The minimum absolute atomic E-state index is 0.557. The highest BCUT2D eigenvalue weighted by Crippen LogP contribution is 2.17. The molecule has 71 valence electrons. The van der Waals surface area contributed by atoms with Crippen LogP contribution in [0.25, 0.3) is 0 Å². The van der Waals surface area contributed by atoms with Crippen LogP contribution >= 0.6 is 11.1 Å². The molecule has 0 saturated heterocycles. The van der Waals surface area contributed by atoms with Crippen LogP contribution in [-0.2, 0) is 0 Å². The molecule has 0 amide bonds. The van der Waals surface area contributed by atoms with Gasteiger partial charge in [-0.1, -0.05) is 54.6 Å². The van der Waals surface area contributed by atoms with E-state index in [-0.39, 0.29) is 0 Å². The quantitative estimate of drug-likeness (QED) is 0.542. The molecule has 1 aromatic carbocycles. The maximum atomic E-state index is 6.42. The van der Waals surface area contributed by atoms with Gasteiger partial charge < -0.3 is 0 Å². The van der Waals surface area contributed by atoms with Crippen LogP contribution in [0.1, 0.15) is 0 Å². The zero-order valence-electron chi connectivity index (χ0n) is 7.86. The Labute approximate surface area is 91.2 Å². The van der Waals surface area contributed by atoms with Gasteiger partial charge in [0.15, 0.2) is 0 Å². The molecule has 2 rings (SSSR count). The summed E-state index contributed by atoms with van der Waals surface area (Å²) < 4.78 is 0. The highest BCUT2D eigenvalue weighted by atomic mass is 35.6.